The lowest BCUT2D eigenvalue weighted by molar-refractivity contribution is -0.122. The summed E-state index contributed by atoms with van der Waals surface area (Å²) in [6.45, 7) is 9.04. The Morgan fingerprint density at radius 2 is 1.81 bits per heavy atom. The van der Waals surface area contributed by atoms with Crippen LogP contribution in [0.3, 0.4) is 0 Å². The molecule has 8 nitrogen and oxygen atoms in total. The van der Waals surface area contributed by atoms with Crippen molar-refractivity contribution in [1.29, 1.82) is 0 Å². The maximum atomic E-state index is 12.9. The molecule has 0 saturated carbocycles. The van der Waals surface area contributed by atoms with Crippen molar-refractivity contribution >= 4 is 11.8 Å². The van der Waals surface area contributed by atoms with Crippen LogP contribution in [0.15, 0.2) is 18.2 Å². The summed E-state index contributed by atoms with van der Waals surface area (Å²) in [4.78, 5) is 28.9. The molecule has 1 aromatic rings. The third kappa shape index (κ3) is 8.38. The molecule has 1 heterocycles. The Morgan fingerprint density at radius 3 is 2.45 bits per heavy atom. The van der Waals surface area contributed by atoms with Crippen LogP contribution in [0, 0.1) is 5.92 Å². The van der Waals surface area contributed by atoms with Crippen LogP contribution < -0.4 is 14.8 Å². The number of nitrogens with zero attached hydrogens (tertiary/aromatic N) is 2. The number of nitrogens with one attached hydrogen (secondary N) is 1. The highest BCUT2D eigenvalue weighted by Crippen LogP contribution is 2.29. The van der Waals surface area contributed by atoms with Crippen LogP contribution in [-0.2, 0) is 9.53 Å². The quantitative estimate of drug-likeness (QED) is 0.506. The number of benzene rings is 1. The van der Waals surface area contributed by atoms with Gasteiger partial charge in [-0.2, -0.15) is 0 Å². The van der Waals surface area contributed by atoms with Gasteiger partial charge in [0, 0.05) is 52.0 Å². The van der Waals surface area contributed by atoms with Gasteiger partial charge >= 0.3 is 0 Å². The Labute approximate surface area is 185 Å². The molecule has 1 aromatic carbocycles. The minimum atomic E-state index is -0.0318. The summed E-state index contributed by atoms with van der Waals surface area (Å²) in [5, 5.41) is 2.90. The van der Waals surface area contributed by atoms with Crippen molar-refractivity contribution in [2.24, 2.45) is 5.92 Å². The lowest BCUT2D eigenvalue weighted by atomic mass is 10.1. The first-order valence-corrected chi connectivity index (χ1v) is 11.0. The van der Waals surface area contributed by atoms with Crippen LogP contribution >= 0.6 is 0 Å². The first-order chi connectivity index (χ1) is 14.9. The molecular weight excluding hydrogens is 398 g/mol. The number of carbonyl (C=O) groups excluding carboxylic acids is 2. The molecule has 0 spiro atoms. The highest BCUT2D eigenvalue weighted by Gasteiger charge is 2.24. The Kier molecular flexibility index (Phi) is 10.6. The number of amides is 2. The Bertz CT molecular complexity index is 702. The molecule has 0 radical (unpaired) electrons. The fraction of sp³-hybridized carbons (Fsp3) is 0.652. The van der Waals surface area contributed by atoms with Gasteiger partial charge in [0.25, 0.3) is 5.91 Å². The van der Waals surface area contributed by atoms with E-state index in [9.17, 15) is 9.59 Å². The Hall–Kier alpha value is -2.32. The summed E-state index contributed by atoms with van der Waals surface area (Å²) in [7, 11) is 3.23. The SMILES string of the molecule is COCCCNC(=O)CN1CCN(C(=O)c2ccc(OCCC(C)C)c(OC)c2)CC1. The van der Waals surface area contributed by atoms with Crippen LogP contribution in [-0.4, -0.2) is 88.3 Å². The number of hydrogen-bond acceptors (Lipinski definition) is 6. The Balaban J connectivity index is 1.83. The predicted molar refractivity (Wildman–Crippen MR) is 120 cm³/mol. The second-order valence-corrected chi connectivity index (χ2v) is 8.16. The molecule has 0 atom stereocenters. The van der Waals surface area contributed by atoms with Crippen molar-refractivity contribution in [1.82, 2.24) is 15.1 Å². The number of rotatable bonds is 12. The fourth-order valence-corrected chi connectivity index (χ4v) is 3.32. The molecule has 1 aliphatic heterocycles. The molecule has 2 rings (SSSR count). The minimum absolute atomic E-state index is 0.00803. The number of methoxy groups -OCH3 is 2. The summed E-state index contributed by atoms with van der Waals surface area (Å²) < 4.78 is 16.2. The number of carbonyl (C=O) groups is 2. The van der Waals surface area contributed by atoms with E-state index in [1.165, 1.54) is 0 Å². The molecule has 0 aromatic heterocycles. The maximum Gasteiger partial charge on any atom is 0.254 e. The minimum Gasteiger partial charge on any atom is -0.493 e. The largest absolute Gasteiger partial charge is 0.493 e. The first-order valence-electron chi connectivity index (χ1n) is 11.0. The second kappa shape index (κ2) is 13.2. The van der Waals surface area contributed by atoms with Crippen LogP contribution in [0.2, 0.25) is 0 Å². The van der Waals surface area contributed by atoms with Gasteiger partial charge in [0.05, 0.1) is 20.3 Å². The fourth-order valence-electron chi connectivity index (χ4n) is 3.32. The average molecular weight is 436 g/mol. The molecule has 174 valence electrons. The lowest BCUT2D eigenvalue weighted by Crippen LogP contribution is -2.51. The number of hydrogen-bond donors (Lipinski definition) is 1. The van der Waals surface area contributed by atoms with Crippen molar-refractivity contribution < 1.29 is 23.8 Å². The molecule has 1 N–H and O–H groups in total. The molecular formula is C23H37N3O5. The molecule has 2 amide bonds. The molecule has 31 heavy (non-hydrogen) atoms. The number of piperazine rings is 1. The predicted octanol–water partition coefficient (Wildman–Crippen LogP) is 2.03. The van der Waals surface area contributed by atoms with Gasteiger partial charge in [-0.25, -0.2) is 0 Å². The summed E-state index contributed by atoms with van der Waals surface area (Å²) >= 11 is 0. The van der Waals surface area contributed by atoms with Crippen LogP contribution in [0.5, 0.6) is 11.5 Å². The first kappa shape index (κ1) is 24.9. The van der Waals surface area contributed by atoms with Gasteiger partial charge in [-0.3, -0.25) is 14.5 Å². The van der Waals surface area contributed by atoms with E-state index in [4.69, 9.17) is 14.2 Å². The van der Waals surface area contributed by atoms with Crippen molar-refractivity contribution in [2.75, 3.05) is 66.7 Å². The van der Waals surface area contributed by atoms with E-state index in [1.807, 2.05) is 4.90 Å². The van der Waals surface area contributed by atoms with E-state index in [0.717, 1.165) is 12.8 Å². The summed E-state index contributed by atoms with van der Waals surface area (Å²) in [5.41, 5.74) is 0.581. The zero-order chi connectivity index (χ0) is 22.6. The van der Waals surface area contributed by atoms with Gasteiger partial charge in [-0.1, -0.05) is 13.8 Å². The topological polar surface area (TPSA) is 80.3 Å². The van der Waals surface area contributed by atoms with Gasteiger partial charge in [-0.15, -0.1) is 0 Å². The maximum absolute atomic E-state index is 12.9. The van der Waals surface area contributed by atoms with E-state index in [-0.39, 0.29) is 11.8 Å². The highest BCUT2D eigenvalue weighted by molar-refractivity contribution is 5.95. The van der Waals surface area contributed by atoms with Gasteiger partial charge in [0.2, 0.25) is 5.91 Å². The van der Waals surface area contributed by atoms with Crippen molar-refractivity contribution in [3.63, 3.8) is 0 Å². The van der Waals surface area contributed by atoms with Crippen molar-refractivity contribution in [2.45, 2.75) is 26.7 Å². The zero-order valence-corrected chi connectivity index (χ0v) is 19.3. The van der Waals surface area contributed by atoms with Crippen molar-refractivity contribution in [3.05, 3.63) is 23.8 Å². The monoisotopic (exact) mass is 435 g/mol. The van der Waals surface area contributed by atoms with Gasteiger partial charge < -0.3 is 24.4 Å². The molecule has 1 aliphatic rings. The van der Waals surface area contributed by atoms with E-state index in [2.05, 4.69) is 24.1 Å². The molecule has 1 fully saturated rings. The van der Waals surface area contributed by atoms with Gasteiger partial charge in [-0.05, 0) is 37.0 Å². The Morgan fingerprint density at radius 1 is 1.06 bits per heavy atom. The molecule has 0 aliphatic carbocycles. The second-order valence-electron chi connectivity index (χ2n) is 8.16. The number of ether oxygens (including phenoxy) is 3. The zero-order valence-electron chi connectivity index (χ0n) is 19.3. The smallest absolute Gasteiger partial charge is 0.254 e. The van der Waals surface area contributed by atoms with Crippen molar-refractivity contribution in [3.8, 4) is 11.5 Å². The van der Waals surface area contributed by atoms with E-state index >= 15 is 0 Å². The lowest BCUT2D eigenvalue weighted by Gasteiger charge is -2.34. The normalized spacial score (nSPS) is 14.5. The van der Waals surface area contributed by atoms with Gasteiger partial charge in [0.15, 0.2) is 11.5 Å². The third-order valence-corrected chi connectivity index (χ3v) is 5.24. The van der Waals surface area contributed by atoms with Crippen LogP contribution in [0.25, 0.3) is 0 Å². The molecule has 1 saturated heterocycles. The summed E-state index contributed by atoms with van der Waals surface area (Å²) in [6.07, 6.45) is 1.76. The highest BCUT2D eigenvalue weighted by atomic mass is 16.5. The van der Waals surface area contributed by atoms with E-state index < -0.39 is 0 Å². The summed E-state index contributed by atoms with van der Waals surface area (Å²) in [6, 6.07) is 5.33. The van der Waals surface area contributed by atoms with Crippen LogP contribution in [0.4, 0.5) is 0 Å². The average Bonchev–Trinajstić information content (AvgIpc) is 2.76. The summed E-state index contributed by atoms with van der Waals surface area (Å²) in [5.74, 6) is 1.76. The third-order valence-electron chi connectivity index (χ3n) is 5.24. The molecule has 0 unspecified atom stereocenters. The van der Waals surface area contributed by atoms with Gasteiger partial charge in [0.1, 0.15) is 0 Å². The standard InChI is InChI=1S/C23H37N3O5/c1-18(2)8-15-31-20-7-6-19(16-21(20)30-4)23(28)26-12-10-25(11-13-26)17-22(27)24-9-5-14-29-3/h6-7,16,18H,5,8-15,17H2,1-4H3,(H,24,27). The van der Waals surface area contributed by atoms with E-state index in [1.54, 1.807) is 32.4 Å². The van der Waals surface area contributed by atoms with E-state index in [0.29, 0.717) is 75.5 Å². The molecule has 8 heteroatoms. The molecule has 0 bridgehead atoms. The van der Waals surface area contributed by atoms with Crippen LogP contribution in [0.1, 0.15) is 37.0 Å².